The number of thioether (sulfide) groups is 1. The predicted octanol–water partition coefficient (Wildman–Crippen LogP) is 2.78. The van der Waals surface area contributed by atoms with E-state index in [-0.39, 0.29) is 5.91 Å². The Labute approximate surface area is 147 Å². The summed E-state index contributed by atoms with van der Waals surface area (Å²) in [6.07, 6.45) is 2.95. The van der Waals surface area contributed by atoms with Crippen LogP contribution in [0, 0.1) is 0 Å². The van der Waals surface area contributed by atoms with Crippen molar-refractivity contribution in [3.8, 4) is 0 Å². The fraction of sp³-hybridized carbons (Fsp3) is 0.368. The van der Waals surface area contributed by atoms with E-state index >= 15 is 0 Å². The Morgan fingerprint density at radius 1 is 1.21 bits per heavy atom. The van der Waals surface area contributed by atoms with Gasteiger partial charge in [0.2, 0.25) is 5.91 Å². The maximum atomic E-state index is 11.9. The molecule has 1 aromatic carbocycles. The predicted molar refractivity (Wildman–Crippen MR) is 98.2 cm³/mol. The molecule has 1 atom stereocenters. The van der Waals surface area contributed by atoms with Crippen molar-refractivity contribution in [1.29, 1.82) is 0 Å². The van der Waals surface area contributed by atoms with Gasteiger partial charge in [-0.15, -0.1) is 0 Å². The molecule has 24 heavy (non-hydrogen) atoms. The lowest BCUT2D eigenvalue weighted by atomic mass is 9.99. The van der Waals surface area contributed by atoms with E-state index in [0.29, 0.717) is 18.2 Å². The molecule has 0 saturated carbocycles. The van der Waals surface area contributed by atoms with Gasteiger partial charge in [-0.1, -0.05) is 48.2 Å². The summed E-state index contributed by atoms with van der Waals surface area (Å²) in [7, 11) is 0. The molecule has 1 fully saturated rings. The Morgan fingerprint density at radius 3 is 2.83 bits per heavy atom. The first-order valence-corrected chi connectivity index (χ1v) is 9.37. The monoisotopic (exact) mass is 341 g/mol. The number of aromatic nitrogens is 1. The van der Waals surface area contributed by atoms with E-state index in [1.54, 1.807) is 6.20 Å². The van der Waals surface area contributed by atoms with Gasteiger partial charge in [0.25, 0.3) is 0 Å². The van der Waals surface area contributed by atoms with Gasteiger partial charge in [0, 0.05) is 25.8 Å². The standard InChI is InChI=1S/C19H23N3OS/c23-18(15-24-19-8-4-5-10-21-19)20-11-13-22-12-9-17(14-22)16-6-2-1-3-7-16/h1-8,10,17H,9,11-15H2,(H,20,23). The number of likely N-dealkylation sites (tertiary alicyclic amines) is 1. The molecule has 4 nitrogen and oxygen atoms in total. The van der Waals surface area contributed by atoms with Crippen LogP contribution in [0.5, 0.6) is 0 Å². The number of carbonyl (C=O) groups is 1. The zero-order valence-electron chi connectivity index (χ0n) is 13.7. The first-order chi connectivity index (χ1) is 11.8. The molecule has 1 saturated heterocycles. The summed E-state index contributed by atoms with van der Waals surface area (Å²) >= 11 is 1.47. The number of hydrogen-bond donors (Lipinski definition) is 1. The maximum absolute atomic E-state index is 11.9. The first kappa shape index (κ1) is 17.0. The van der Waals surface area contributed by atoms with Crippen LogP contribution in [0.4, 0.5) is 0 Å². The molecule has 0 radical (unpaired) electrons. The summed E-state index contributed by atoms with van der Waals surface area (Å²) < 4.78 is 0. The van der Waals surface area contributed by atoms with Crippen LogP contribution in [-0.2, 0) is 4.79 Å². The highest BCUT2D eigenvalue weighted by molar-refractivity contribution is 7.99. The highest BCUT2D eigenvalue weighted by atomic mass is 32.2. The molecule has 1 aromatic heterocycles. The molecule has 0 spiro atoms. The zero-order valence-corrected chi connectivity index (χ0v) is 14.5. The van der Waals surface area contributed by atoms with E-state index < -0.39 is 0 Å². The minimum atomic E-state index is 0.0736. The third-order valence-corrected chi connectivity index (χ3v) is 5.23. The third kappa shape index (κ3) is 5.08. The molecule has 1 amide bonds. The second-order valence-corrected chi connectivity index (χ2v) is 7.00. The lowest BCUT2D eigenvalue weighted by Gasteiger charge is -2.16. The van der Waals surface area contributed by atoms with E-state index in [1.165, 1.54) is 23.7 Å². The van der Waals surface area contributed by atoms with Gasteiger partial charge in [-0.2, -0.15) is 0 Å². The number of benzene rings is 1. The number of carbonyl (C=O) groups excluding carboxylic acids is 1. The number of pyridine rings is 1. The Morgan fingerprint density at radius 2 is 2.04 bits per heavy atom. The van der Waals surface area contributed by atoms with Gasteiger partial charge >= 0.3 is 0 Å². The van der Waals surface area contributed by atoms with Crippen molar-refractivity contribution in [2.24, 2.45) is 0 Å². The molecule has 126 valence electrons. The Hall–Kier alpha value is -1.85. The molecule has 1 unspecified atom stereocenters. The Balaban J connectivity index is 1.33. The van der Waals surface area contributed by atoms with Crippen LogP contribution >= 0.6 is 11.8 Å². The smallest absolute Gasteiger partial charge is 0.230 e. The summed E-state index contributed by atoms with van der Waals surface area (Å²) in [6, 6.07) is 16.4. The number of nitrogens with one attached hydrogen (secondary N) is 1. The summed E-state index contributed by atoms with van der Waals surface area (Å²) in [5, 5.41) is 3.89. The van der Waals surface area contributed by atoms with Crippen molar-refractivity contribution in [2.45, 2.75) is 17.4 Å². The second-order valence-electron chi connectivity index (χ2n) is 6.00. The number of nitrogens with zero attached hydrogens (tertiary/aromatic N) is 2. The number of rotatable bonds is 7. The van der Waals surface area contributed by atoms with E-state index in [9.17, 15) is 4.79 Å². The van der Waals surface area contributed by atoms with Crippen molar-refractivity contribution in [3.05, 3.63) is 60.3 Å². The molecule has 2 heterocycles. The highest BCUT2D eigenvalue weighted by Crippen LogP contribution is 2.26. The van der Waals surface area contributed by atoms with Gasteiger partial charge in [0.15, 0.2) is 0 Å². The fourth-order valence-electron chi connectivity index (χ4n) is 3.01. The van der Waals surface area contributed by atoms with Crippen LogP contribution in [0.15, 0.2) is 59.8 Å². The highest BCUT2D eigenvalue weighted by Gasteiger charge is 2.23. The zero-order chi connectivity index (χ0) is 16.6. The summed E-state index contributed by atoms with van der Waals surface area (Å²) in [5.74, 6) is 1.12. The van der Waals surface area contributed by atoms with Gasteiger partial charge in [-0.3, -0.25) is 4.79 Å². The van der Waals surface area contributed by atoms with Gasteiger partial charge in [0.1, 0.15) is 0 Å². The lowest BCUT2D eigenvalue weighted by Crippen LogP contribution is -2.34. The van der Waals surface area contributed by atoms with Crippen LogP contribution in [0.3, 0.4) is 0 Å². The van der Waals surface area contributed by atoms with Crippen molar-refractivity contribution in [3.63, 3.8) is 0 Å². The first-order valence-electron chi connectivity index (χ1n) is 8.39. The van der Waals surface area contributed by atoms with E-state index in [2.05, 4.69) is 45.5 Å². The van der Waals surface area contributed by atoms with Crippen molar-refractivity contribution >= 4 is 17.7 Å². The minimum Gasteiger partial charge on any atom is -0.354 e. The molecule has 5 heteroatoms. The normalized spacial score (nSPS) is 17.8. The van der Waals surface area contributed by atoms with Crippen molar-refractivity contribution in [1.82, 2.24) is 15.2 Å². The molecule has 2 aromatic rings. The average Bonchev–Trinajstić information content (AvgIpc) is 3.11. The van der Waals surface area contributed by atoms with Crippen LogP contribution in [0.1, 0.15) is 17.9 Å². The van der Waals surface area contributed by atoms with E-state index in [0.717, 1.165) is 24.7 Å². The second kappa shape index (κ2) is 8.85. The van der Waals surface area contributed by atoms with Crippen LogP contribution in [0.25, 0.3) is 0 Å². The molecule has 1 aliphatic rings. The lowest BCUT2D eigenvalue weighted by molar-refractivity contribution is -0.118. The van der Waals surface area contributed by atoms with Gasteiger partial charge in [-0.05, 0) is 36.6 Å². The third-order valence-electron chi connectivity index (χ3n) is 4.28. The Bertz CT molecular complexity index is 636. The molecule has 0 bridgehead atoms. The molecule has 1 aliphatic heterocycles. The van der Waals surface area contributed by atoms with Crippen molar-refractivity contribution in [2.75, 3.05) is 31.9 Å². The van der Waals surface area contributed by atoms with Crippen LogP contribution in [0.2, 0.25) is 0 Å². The Kier molecular flexibility index (Phi) is 6.26. The minimum absolute atomic E-state index is 0.0736. The fourth-order valence-corrected chi connectivity index (χ4v) is 3.70. The summed E-state index contributed by atoms with van der Waals surface area (Å²) in [6.45, 7) is 3.83. The molecule has 1 N–H and O–H groups in total. The molecular weight excluding hydrogens is 318 g/mol. The number of hydrogen-bond acceptors (Lipinski definition) is 4. The van der Waals surface area contributed by atoms with Gasteiger partial charge in [-0.25, -0.2) is 4.98 Å². The molecule has 3 rings (SSSR count). The summed E-state index contributed by atoms with van der Waals surface area (Å²) in [5.41, 5.74) is 1.43. The van der Waals surface area contributed by atoms with Crippen LogP contribution < -0.4 is 5.32 Å². The quantitative estimate of drug-likeness (QED) is 0.787. The van der Waals surface area contributed by atoms with Gasteiger partial charge < -0.3 is 10.2 Å². The van der Waals surface area contributed by atoms with E-state index in [1.807, 2.05) is 18.2 Å². The van der Waals surface area contributed by atoms with E-state index in [4.69, 9.17) is 0 Å². The topological polar surface area (TPSA) is 45.2 Å². The van der Waals surface area contributed by atoms with Crippen LogP contribution in [-0.4, -0.2) is 47.7 Å². The maximum Gasteiger partial charge on any atom is 0.230 e. The van der Waals surface area contributed by atoms with Crippen molar-refractivity contribution < 1.29 is 4.79 Å². The summed E-state index contributed by atoms with van der Waals surface area (Å²) in [4.78, 5) is 18.5. The largest absolute Gasteiger partial charge is 0.354 e. The average molecular weight is 341 g/mol. The number of amides is 1. The molecular formula is C19H23N3OS. The van der Waals surface area contributed by atoms with Gasteiger partial charge in [0.05, 0.1) is 10.8 Å². The molecule has 0 aliphatic carbocycles. The SMILES string of the molecule is O=C(CSc1ccccn1)NCCN1CCC(c2ccccc2)C1.